The third-order valence-electron chi connectivity index (χ3n) is 4.72. The molecule has 1 aliphatic rings. The molecule has 0 unspecified atom stereocenters. The van der Waals surface area contributed by atoms with Gasteiger partial charge < -0.3 is 14.6 Å². The van der Waals surface area contributed by atoms with Crippen LogP contribution in [-0.4, -0.2) is 47.4 Å². The lowest BCUT2D eigenvalue weighted by Crippen LogP contribution is -2.31. The molecule has 0 aliphatic carbocycles. The fraction of sp³-hybridized carbons (Fsp3) is 0.450. The number of aliphatic hydroxyl groups is 1. The number of aromatic nitrogens is 1. The highest BCUT2D eigenvalue weighted by Gasteiger charge is 2.26. The van der Waals surface area contributed by atoms with Crippen LogP contribution in [0.2, 0.25) is 0 Å². The van der Waals surface area contributed by atoms with Gasteiger partial charge in [-0.3, -0.25) is 9.88 Å². The minimum atomic E-state index is -0.471. The average Bonchev–Trinajstić information content (AvgIpc) is 2.80. The number of hydrogen-bond acceptors (Lipinski definition) is 5. The van der Waals surface area contributed by atoms with Gasteiger partial charge in [-0.15, -0.1) is 0 Å². The molecule has 5 nitrogen and oxygen atoms in total. The standard InChI is InChI=1S/C20H26N2O3/c1-15-5-4-10-21-18(15)14-22-11-8-19(23)20(9-12-22)25-17-7-3-6-16(13-17)24-2/h3-7,10,13,19-20,23H,8-9,11-12,14H2,1-2H3/t19-,20-/m0/s1. The van der Waals surface area contributed by atoms with Crippen LogP contribution >= 0.6 is 0 Å². The van der Waals surface area contributed by atoms with Gasteiger partial charge in [0.05, 0.1) is 18.9 Å². The summed E-state index contributed by atoms with van der Waals surface area (Å²) in [6.07, 6.45) is 2.64. The zero-order valence-electron chi connectivity index (χ0n) is 14.9. The zero-order valence-corrected chi connectivity index (χ0v) is 14.9. The first-order chi connectivity index (χ1) is 12.2. The number of rotatable bonds is 5. The van der Waals surface area contributed by atoms with Crippen molar-refractivity contribution in [3.63, 3.8) is 0 Å². The summed E-state index contributed by atoms with van der Waals surface area (Å²) < 4.78 is 11.3. The van der Waals surface area contributed by atoms with E-state index in [4.69, 9.17) is 9.47 Å². The van der Waals surface area contributed by atoms with Crippen molar-refractivity contribution in [3.05, 3.63) is 53.9 Å². The summed E-state index contributed by atoms with van der Waals surface area (Å²) >= 11 is 0. The lowest BCUT2D eigenvalue weighted by Gasteiger charge is -2.22. The van der Waals surface area contributed by atoms with Crippen LogP contribution in [0.5, 0.6) is 11.5 Å². The summed E-state index contributed by atoms with van der Waals surface area (Å²) in [4.78, 5) is 6.82. The minimum Gasteiger partial charge on any atom is -0.497 e. The first-order valence-corrected chi connectivity index (χ1v) is 8.77. The maximum absolute atomic E-state index is 10.5. The molecule has 3 rings (SSSR count). The SMILES string of the molecule is COc1cccc(O[C@H]2CCN(Cc3ncccc3C)CC[C@@H]2O)c1. The van der Waals surface area contributed by atoms with Crippen molar-refractivity contribution < 1.29 is 14.6 Å². The first kappa shape index (κ1) is 17.7. The first-order valence-electron chi connectivity index (χ1n) is 8.77. The van der Waals surface area contributed by atoms with Crippen LogP contribution in [0.1, 0.15) is 24.1 Å². The quantitative estimate of drug-likeness (QED) is 0.905. The Morgan fingerprint density at radius 1 is 1.16 bits per heavy atom. The molecule has 2 heterocycles. The number of likely N-dealkylation sites (tertiary alicyclic amines) is 1. The Morgan fingerprint density at radius 3 is 2.76 bits per heavy atom. The normalized spacial score (nSPS) is 21.6. The van der Waals surface area contributed by atoms with Gasteiger partial charge in [0.25, 0.3) is 0 Å². The van der Waals surface area contributed by atoms with E-state index in [2.05, 4.69) is 22.9 Å². The molecule has 0 bridgehead atoms. The van der Waals surface area contributed by atoms with Crippen molar-refractivity contribution >= 4 is 0 Å². The maximum atomic E-state index is 10.5. The van der Waals surface area contributed by atoms with Crippen molar-refractivity contribution in [2.75, 3.05) is 20.2 Å². The van der Waals surface area contributed by atoms with E-state index in [9.17, 15) is 5.11 Å². The number of hydrogen-bond donors (Lipinski definition) is 1. The largest absolute Gasteiger partial charge is 0.497 e. The molecular formula is C20H26N2O3. The van der Waals surface area contributed by atoms with E-state index in [1.54, 1.807) is 7.11 Å². The van der Waals surface area contributed by atoms with Gasteiger partial charge in [0, 0.05) is 31.9 Å². The van der Waals surface area contributed by atoms with Crippen molar-refractivity contribution in [1.82, 2.24) is 9.88 Å². The summed E-state index contributed by atoms with van der Waals surface area (Å²) in [7, 11) is 1.64. The third-order valence-corrected chi connectivity index (χ3v) is 4.72. The summed E-state index contributed by atoms with van der Waals surface area (Å²) in [5.74, 6) is 1.49. The molecule has 1 fully saturated rings. The molecule has 1 aliphatic heterocycles. The van der Waals surface area contributed by atoms with E-state index in [1.165, 1.54) is 5.56 Å². The molecule has 0 spiro atoms. The second kappa shape index (κ2) is 8.32. The van der Waals surface area contributed by atoms with Crippen LogP contribution < -0.4 is 9.47 Å². The molecule has 0 saturated carbocycles. The predicted octanol–water partition coefficient (Wildman–Crippen LogP) is 2.80. The Balaban J connectivity index is 1.61. The van der Waals surface area contributed by atoms with Crippen molar-refractivity contribution in [3.8, 4) is 11.5 Å². The fourth-order valence-electron chi connectivity index (χ4n) is 3.16. The van der Waals surface area contributed by atoms with E-state index >= 15 is 0 Å². The zero-order chi connectivity index (χ0) is 17.6. The molecule has 0 radical (unpaired) electrons. The van der Waals surface area contributed by atoms with E-state index in [1.807, 2.05) is 36.5 Å². The van der Waals surface area contributed by atoms with Gasteiger partial charge in [0.2, 0.25) is 0 Å². The van der Waals surface area contributed by atoms with Gasteiger partial charge in [-0.25, -0.2) is 0 Å². The highest BCUT2D eigenvalue weighted by Crippen LogP contribution is 2.24. The van der Waals surface area contributed by atoms with E-state index in [0.717, 1.165) is 43.2 Å². The summed E-state index contributed by atoms with van der Waals surface area (Å²) in [6, 6.07) is 11.6. The minimum absolute atomic E-state index is 0.207. The molecule has 2 aromatic rings. The van der Waals surface area contributed by atoms with Gasteiger partial charge in [-0.2, -0.15) is 0 Å². The van der Waals surface area contributed by atoms with Crippen LogP contribution in [0, 0.1) is 6.92 Å². The lowest BCUT2D eigenvalue weighted by atomic mass is 10.1. The van der Waals surface area contributed by atoms with Gasteiger partial charge in [0.1, 0.15) is 17.6 Å². The molecule has 25 heavy (non-hydrogen) atoms. The monoisotopic (exact) mass is 342 g/mol. The van der Waals surface area contributed by atoms with Crippen LogP contribution in [0.3, 0.4) is 0 Å². The number of nitrogens with zero attached hydrogens (tertiary/aromatic N) is 2. The Hall–Kier alpha value is -2.11. The molecule has 1 aromatic carbocycles. The van der Waals surface area contributed by atoms with E-state index in [0.29, 0.717) is 6.42 Å². The Labute approximate surface area is 149 Å². The second-order valence-corrected chi connectivity index (χ2v) is 6.52. The molecule has 5 heteroatoms. The molecule has 1 N–H and O–H groups in total. The van der Waals surface area contributed by atoms with Gasteiger partial charge in [-0.1, -0.05) is 12.1 Å². The molecule has 1 saturated heterocycles. The average molecular weight is 342 g/mol. The second-order valence-electron chi connectivity index (χ2n) is 6.52. The van der Waals surface area contributed by atoms with Crippen molar-refractivity contribution in [2.24, 2.45) is 0 Å². The fourth-order valence-corrected chi connectivity index (χ4v) is 3.16. The maximum Gasteiger partial charge on any atom is 0.126 e. The van der Waals surface area contributed by atoms with Crippen LogP contribution in [0.4, 0.5) is 0 Å². The molecular weight excluding hydrogens is 316 g/mol. The van der Waals surface area contributed by atoms with Crippen molar-refractivity contribution in [1.29, 1.82) is 0 Å². The van der Waals surface area contributed by atoms with Crippen LogP contribution in [-0.2, 0) is 6.54 Å². The predicted molar refractivity (Wildman–Crippen MR) is 96.9 cm³/mol. The van der Waals surface area contributed by atoms with E-state index < -0.39 is 6.10 Å². The van der Waals surface area contributed by atoms with Gasteiger partial charge in [0.15, 0.2) is 0 Å². The van der Waals surface area contributed by atoms with Crippen molar-refractivity contribution in [2.45, 2.75) is 38.5 Å². The number of methoxy groups -OCH3 is 1. The summed E-state index contributed by atoms with van der Waals surface area (Å²) in [5, 5.41) is 10.5. The summed E-state index contributed by atoms with van der Waals surface area (Å²) in [5.41, 5.74) is 2.31. The third kappa shape index (κ3) is 4.71. The van der Waals surface area contributed by atoms with Crippen LogP contribution in [0.25, 0.3) is 0 Å². The van der Waals surface area contributed by atoms with Gasteiger partial charge in [-0.05, 0) is 43.5 Å². The van der Waals surface area contributed by atoms with Gasteiger partial charge >= 0.3 is 0 Å². The smallest absolute Gasteiger partial charge is 0.126 e. The van der Waals surface area contributed by atoms with Crippen LogP contribution in [0.15, 0.2) is 42.6 Å². The lowest BCUT2D eigenvalue weighted by molar-refractivity contribution is 0.0349. The molecule has 0 amide bonds. The number of aryl methyl sites for hydroxylation is 1. The molecule has 2 atom stereocenters. The Bertz CT molecular complexity index is 692. The molecule has 134 valence electrons. The molecule has 1 aromatic heterocycles. The topological polar surface area (TPSA) is 54.8 Å². The Kier molecular flexibility index (Phi) is 5.89. The highest BCUT2D eigenvalue weighted by molar-refractivity contribution is 5.33. The Morgan fingerprint density at radius 2 is 1.96 bits per heavy atom. The number of ether oxygens (including phenoxy) is 2. The number of pyridine rings is 1. The highest BCUT2D eigenvalue weighted by atomic mass is 16.5. The number of aliphatic hydroxyl groups excluding tert-OH is 1. The van der Waals surface area contributed by atoms with E-state index in [-0.39, 0.29) is 6.10 Å². The summed E-state index contributed by atoms with van der Waals surface area (Å²) in [6.45, 7) is 4.62. The number of benzene rings is 1.